The van der Waals surface area contributed by atoms with Crippen LogP contribution in [0.2, 0.25) is 0 Å². The van der Waals surface area contributed by atoms with Crippen molar-refractivity contribution in [2.75, 3.05) is 26.4 Å². The highest BCUT2D eigenvalue weighted by Gasteiger charge is 2.22. The Balaban J connectivity index is 1.58. The molecule has 0 radical (unpaired) electrons. The van der Waals surface area contributed by atoms with Crippen LogP contribution in [0.5, 0.6) is 0 Å². The van der Waals surface area contributed by atoms with Gasteiger partial charge in [-0.2, -0.15) is 0 Å². The molecule has 0 aromatic rings. The highest BCUT2D eigenvalue weighted by atomic mass is 16.5. The van der Waals surface area contributed by atoms with E-state index >= 15 is 0 Å². The van der Waals surface area contributed by atoms with Crippen molar-refractivity contribution in [3.8, 4) is 0 Å². The molecule has 0 aliphatic carbocycles. The Hall–Kier alpha value is -0.610. The summed E-state index contributed by atoms with van der Waals surface area (Å²) in [5, 5.41) is 0. The Morgan fingerprint density at radius 3 is 2.94 bits per heavy atom. The zero-order chi connectivity index (χ0) is 12.8. The molecule has 1 amide bonds. The average molecular weight is 255 g/mol. The third-order valence-electron chi connectivity index (χ3n) is 3.91. The molecule has 18 heavy (non-hydrogen) atoms. The van der Waals surface area contributed by atoms with Crippen molar-refractivity contribution in [3.63, 3.8) is 0 Å². The Labute approximate surface area is 110 Å². The lowest BCUT2D eigenvalue weighted by Gasteiger charge is -2.33. The molecule has 0 N–H and O–H groups in total. The zero-order valence-corrected chi connectivity index (χ0v) is 11.4. The predicted octanol–water partition coefficient (Wildman–Crippen LogP) is 1.97. The average Bonchev–Trinajstić information content (AvgIpc) is 2.88. The molecule has 2 aliphatic heterocycles. The van der Waals surface area contributed by atoms with E-state index in [4.69, 9.17) is 9.47 Å². The molecular formula is C14H25NO3. The van der Waals surface area contributed by atoms with Gasteiger partial charge in [-0.15, -0.1) is 0 Å². The molecular weight excluding hydrogens is 230 g/mol. The highest BCUT2D eigenvalue weighted by Crippen LogP contribution is 2.17. The minimum absolute atomic E-state index is 0.245. The van der Waals surface area contributed by atoms with Crippen LogP contribution >= 0.6 is 0 Å². The first kappa shape index (κ1) is 13.8. The maximum absolute atomic E-state index is 12.0. The highest BCUT2D eigenvalue weighted by molar-refractivity contribution is 5.76. The third-order valence-corrected chi connectivity index (χ3v) is 3.91. The predicted molar refractivity (Wildman–Crippen MR) is 69.4 cm³/mol. The Kier molecular flexibility index (Phi) is 5.45. The topological polar surface area (TPSA) is 38.8 Å². The molecule has 0 aromatic heterocycles. The standard InChI is InChI=1S/C14H25NO3/c1-12-5-2-3-8-15(12)14(16)7-10-17-11-13-6-4-9-18-13/h12-13H,2-11H2,1H3/t12-,13+/m0/s1. The summed E-state index contributed by atoms with van der Waals surface area (Å²) >= 11 is 0. The summed E-state index contributed by atoms with van der Waals surface area (Å²) < 4.78 is 11.0. The molecule has 2 rings (SSSR count). The molecule has 2 aliphatic rings. The van der Waals surface area contributed by atoms with E-state index in [0.717, 1.165) is 38.8 Å². The lowest BCUT2D eigenvalue weighted by molar-refractivity contribution is -0.135. The van der Waals surface area contributed by atoms with Gasteiger partial charge in [0.25, 0.3) is 0 Å². The van der Waals surface area contributed by atoms with Crippen LogP contribution in [0, 0.1) is 0 Å². The molecule has 0 aromatic carbocycles. The molecule has 0 saturated carbocycles. The van der Waals surface area contributed by atoms with E-state index in [1.165, 1.54) is 6.42 Å². The van der Waals surface area contributed by atoms with E-state index in [1.54, 1.807) is 0 Å². The van der Waals surface area contributed by atoms with Gasteiger partial charge >= 0.3 is 0 Å². The third kappa shape index (κ3) is 3.95. The number of likely N-dealkylation sites (tertiary alicyclic amines) is 1. The first-order valence-corrected chi connectivity index (χ1v) is 7.26. The van der Waals surface area contributed by atoms with Crippen LogP contribution in [-0.4, -0.2) is 49.3 Å². The number of ether oxygens (including phenoxy) is 2. The second kappa shape index (κ2) is 7.10. The van der Waals surface area contributed by atoms with Crippen molar-refractivity contribution in [1.82, 2.24) is 4.90 Å². The molecule has 0 unspecified atom stereocenters. The first-order valence-electron chi connectivity index (χ1n) is 7.26. The summed E-state index contributed by atoms with van der Waals surface area (Å²) in [5.74, 6) is 0.245. The van der Waals surface area contributed by atoms with E-state index in [2.05, 4.69) is 6.92 Å². The number of nitrogens with zero attached hydrogens (tertiary/aromatic N) is 1. The molecule has 104 valence electrons. The number of piperidine rings is 1. The van der Waals surface area contributed by atoms with Crippen molar-refractivity contribution in [1.29, 1.82) is 0 Å². The van der Waals surface area contributed by atoms with Crippen molar-refractivity contribution in [3.05, 3.63) is 0 Å². The van der Waals surface area contributed by atoms with Gasteiger partial charge in [0.2, 0.25) is 5.91 Å². The van der Waals surface area contributed by atoms with Gasteiger partial charge in [-0.1, -0.05) is 0 Å². The molecule has 2 fully saturated rings. The minimum atomic E-state index is 0.245. The fourth-order valence-corrected chi connectivity index (χ4v) is 2.76. The Morgan fingerprint density at radius 1 is 1.33 bits per heavy atom. The van der Waals surface area contributed by atoms with Gasteiger partial charge in [-0.3, -0.25) is 4.79 Å². The lowest BCUT2D eigenvalue weighted by Crippen LogP contribution is -2.42. The van der Waals surface area contributed by atoms with Crippen molar-refractivity contribution >= 4 is 5.91 Å². The van der Waals surface area contributed by atoms with Crippen LogP contribution in [0.25, 0.3) is 0 Å². The normalized spacial score (nSPS) is 28.6. The number of hydrogen-bond acceptors (Lipinski definition) is 3. The van der Waals surface area contributed by atoms with E-state index in [-0.39, 0.29) is 12.0 Å². The van der Waals surface area contributed by atoms with Gasteiger partial charge in [-0.25, -0.2) is 0 Å². The van der Waals surface area contributed by atoms with Gasteiger partial charge in [-0.05, 0) is 39.0 Å². The smallest absolute Gasteiger partial charge is 0.225 e. The summed E-state index contributed by atoms with van der Waals surface area (Å²) in [4.78, 5) is 14.0. The summed E-state index contributed by atoms with van der Waals surface area (Å²) in [6.07, 6.45) is 6.54. The second-order valence-electron chi connectivity index (χ2n) is 5.39. The molecule has 4 heteroatoms. The molecule has 4 nitrogen and oxygen atoms in total. The largest absolute Gasteiger partial charge is 0.378 e. The summed E-state index contributed by atoms with van der Waals surface area (Å²) in [6, 6.07) is 0.407. The SMILES string of the molecule is C[C@H]1CCCCN1C(=O)CCOC[C@H]1CCCO1. The van der Waals surface area contributed by atoms with E-state index in [0.29, 0.717) is 25.7 Å². The van der Waals surface area contributed by atoms with Crippen molar-refractivity contribution in [2.24, 2.45) is 0 Å². The lowest BCUT2D eigenvalue weighted by atomic mass is 10.0. The monoisotopic (exact) mass is 255 g/mol. The van der Waals surface area contributed by atoms with Gasteiger partial charge in [0.1, 0.15) is 0 Å². The van der Waals surface area contributed by atoms with Crippen LogP contribution in [0.15, 0.2) is 0 Å². The van der Waals surface area contributed by atoms with E-state index < -0.39 is 0 Å². The van der Waals surface area contributed by atoms with Crippen LogP contribution in [-0.2, 0) is 14.3 Å². The summed E-state index contributed by atoms with van der Waals surface area (Å²) in [7, 11) is 0. The van der Waals surface area contributed by atoms with Crippen molar-refractivity contribution < 1.29 is 14.3 Å². The Bertz CT molecular complexity index is 264. The molecule has 0 spiro atoms. The second-order valence-corrected chi connectivity index (χ2v) is 5.39. The van der Waals surface area contributed by atoms with Crippen LogP contribution in [0.1, 0.15) is 45.4 Å². The first-order chi connectivity index (χ1) is 8.77. The van der Waals surface area contributed by atoms with Crippen molar-refractivity contribution in [2.45, 2.75) is 57.6 Å². The number of carbonyl (C=O) groups excluding carboxylic acids is 1. The van der Waals surface area contributed by atoms with Crippen LogP contribution in [0.3, 0.4) is 0 Å². The molecule has 2 saturated heterocycles. The zero-order valence-electron chi connectivity index (χ0n) is 11.4. The van der Waals surface area contributed by atoms with E-state index in [9.17, 15) is 4.79 Å². The van der Waals surface area contributed by atoms with Crippen LogP contribution in [0.4, 0.5) is 0 Å². The number of hydrogen-bond donors (Lipinski definition) is 0. The van der Waals surface area contributed by atoms with Gasteiger partial charge in [0.15, 0.2) is 0 Å². The van der Waals surface area contributed by atoms with Gasteiger partial charge in [0, 0.05) is 19.2 Å². The maximum Gasteiger partial charge on any atom is 0.225 e. The summed E-state index contributed by atoms with van der Waals surface area (Å²) in [5.41, 5.74) is 0. The van der Waals surface area contributed by atoms with Gasteiger partial charge in [0.05, 0.1) is 25.7 Å². The maximum atomic E-state index is 12.0. The van der Waals surface area contributed by atoms with E-state index in [1.807, 2.05) is 4.90 Å². The number of carbonyl (C=O) groups is 1. The van der Waals surface area contributed by atoms with Crippen LogP contribution < -0.4 is 0 Å². The number of amides is 1. The fraction of sp³-hybridized carbons (Fsp3) is 0.929. The number of rotatable bonds is 5. The quantitative estimate of drug-likeness (QED) is 0.705. The summed E-state index contributed by atoms with van der Waals surface area (Å²) in [6.45, 7) is 5.10. The fourth-order valence-electron chi connectivity index (χ4n) is 2.76. The van der Waals surface area contributed by atoms with Gasteiger partial charge < -0.3 is 14.4 Å². The Morgan fingerprint density at radius 2 is 2.22 bits per heavy atom. The molecule has 0 bridgehead atoms. The minimum Gasteiger partial charge on any atom is -0.378 e. The molecule has 2 heterocycles. The molecule has 2 atom stereocenters.